The molecule has 106 valence electrons. The molecule has 0 fully saturated rings. The molecule has 1 heterocycles. The fourth-order valence-electron chi connectivity index (χ4n) is 1.68. The molecule has 0 bridgehead atoms. The number of nitrogens with two attached hydrogens (primary N) is 1. The lowest BCUT2D eigenvalue weighted by Crippen LogP contribution is -2.04. The molecular weight excluding hydrogens is 336 g/mol. The first-order valence-corrected chi connectivity index (χ1v) is 8.22. The van der Waals surface area contributed by atoms with Crippen LogP contribution in [-0.4, -0.2) is 17.3 Å². The lowest BCUT2D eigenvalue weighted by atomic mass is 10.2. The highest BCUT2D eigenvalue weighted by molar-refractivity contribution is 9.10. The van der Waals surface area contributed by atoms with E-state index in [9.17, 15) is 0 Å². The third-order valence-electron chi connectivity index (χ3n) is 2.69. The van der Waals surface area contributed by atoms with Gasteiger partial charge in [-0.15, -0.1) is 11.8 Å². The van der Waals surface area contributed by atoms with Gasteiger partial charge in [-0.1, -0.05) is 18.2 Å². The van der Waals surface area contributed by atoms with Crippen molar-refractivity contribution < 1.29 is 4.74 Å². The fourth-order valence-corrected chi connectivity index (χ4v) is 2.68. The maximum Gasteiger partial charge on any atom is 0.123 e. The highest BCUT2D eigenvalue weighted by atomic mass is 79.9. The second kappa shape index (κ2) is 8.29. The molecule has 2 rings (SSSR count). The lowest BCUT2D eigenvalue weighted by Gasteiger charge is -2.09. The van der Waals surface area contributed by atoms with Crippen LogP contribution in [0.2, 0.25) is 0 Å². The molecule has 0 radical (unpaired) electrons. The molecule has 20 heavy (non-hydrogen) atoms. The van der Waals surface area contributed by atoms with Crippen molar-refractivity contribution in [1.29, 1.82) is 0 Å². The summed E-state index contributed by atoms with van der Waals surface area (Å²) in [5, 5.41) is 1.04. The van der Waals surface area contributed by atoms with Crippen molar-refractivity contribution in [3.63, 3.8) is 0 Å². The Bertz CT molecular complexity index is 534. The number of hydrogen-bond donors (Lipinski definition) is 1. The van der Waals surface area contributed by atoms with Gasteiger partial charge < -0.3 is 10.5 Å². The quantitative estimate of drug-likeness (QED) is 0.607. The third-order valence-corrected chi connectivity index (χ3v) is 4.19. The SMILES string of the molecule is NCc1ccccc1OCCCSc1ccc(Br)cn1. The number of benzene rings is 1. The zero-order chi connectivity index (χ0) is 14.2. The van der Waals surface area contributed by atoms with E-state index in [0.29, 0.717) is 13.2 Å². The van der Waals surface area contributed by atoms with Crippen LogP contribution in [0, 0.1) is 0 Å². The Balaban J connectivity index is 1.70. The van der Waals surface area contributed by atoms with Crippen molar-refractivity contribution in [1.82, 2.24) is 4.98 Å². The van der Waals surface area contributed by atoms with E-state index < -0.39 is 0 Å². The van der Waals surface area contributed by atoms with E-state index in [1.165, 1.54) is 0 Å². The molecule has 0 aliphatic rings. The first-order chi connectivity index (χ1) is 9.79. The number of ether oxygens (including phenoxy) is 1. The molecule has 5 heteroatoms. The Kier molecular flexibility index (Phi) is 6.36. The van der Waals surface area contributed by atoms with Crippen LogP contribution in [0.4, 0.5) is 0 Å². The van der Waals surface area contributed by atoms with Crippen LogP contribution in [0.15, 0.2) is 52.1 Å². The lowest BCUT2D eigenvalue weighted by molar-refractivity contribution is 0.315. The summed E-state index contributed by atoms with van der Waals surface area (Å²) in [6.07, 6.45) is 2.79. The Morgan fingerprint density at radius 2 is 2.05 bits per heavy atom. The van der Waals surface area contributed by atoms with Crippen molar-refractivity contribution in [2.24, 2.45) is 5.73 Å². The Hall–Kier alpha value is -1.04. The second-order valence-electron chi connectivity index (χ2n) is 4.18. The molecule has 3 nitrogen and oxygen atoms in total. The molecule has 0 amide bonds. The summed E-state index contributed by atoms with van der Waals surface area (Å²) in [6, 6.07) is 11.9. The number of para-hydroxylation sites is 1. The van der Waals surface area contributed by atoms with Crippen LogP contribution in [-0.2, 0) is 6.54 Å². The van der Waals surface area contributed by atoms with E-state index >= 15 is 0 Å². The number of hydrogen-bond acceptors (Lipinski definition) is 4. The smallest absolute Gasteiger partial charge is 0.123 e. The Labute approximate surface area is 132 Å². The van der Waals surface area contributed by atoms with Crippen LogP contribution in [0.3, 0.4) is 0 Å². The third kappa shape index (κ3) is 4.81. The van der Waals surface area contributed by atoms with Crippen molar-refractivity contribution >= 4 is 27.7 Å². The summed E-state index contributed by atoms with van der Waals surface area (Å²) in [5.41, 5.74) is 6.72. The molecule has 0 aliphatic carbocycles. The van der Waals surface area contributed by atoms with Gasteiger partial charge in [0.05, 0.1) is 11.6 Å². The van der Waals surface area contributed by atoms with Crippen LogP contribution >= 0.6 is 27.7 Å². The molecular formula is C15H17BrN2OS. The van der Waals surface area contributed by atoms with Crippen molar-refractivity contribution in [3.8, 4) is 5.75 Å². The van der Waals surface area contributed by atoms with Gasteiger partial charge in [-0.25, -0.2) is 4.98 Å². The highest BCUT2D eigenvalue weighted by Gasteiger charge is 2.01. The maximum atomic E-state index is 5.76. The van der Waals surface area contributed by atoms with Gasteiger partial charge in [0, 0.05) is 28.5 Å². The molecule has 0 saturated carbocycles. The summed E-state index contributed by atoms with van der Waals surface area (Å²) in [6.45, 7) is 1.20. The minimum Gasteiger partial charge on any atom is -0.493 e. The fraction of sp³-hybridized carbons (Fsp3) is 0.267. The van der Waals surface area contributed by atoms with E-state index in [-0.39, 0.29) is 0 Å². The van der Waals surface area contributed by atoms with E-state index in [0.717, 1.165) is 33.0 Å². The van der Waals surface area contributed by atoms with E-state index in [1.807, 2.05) is 42.6 Å². The second-order valence-corrected chi connectivity index (χ2v) is 6.21. The average molecular weight is 353 g/mol. The Morgan fingerprint density at radius 3 is 2.80 bits per heavy atom. The van der Waals surface area contributed by atoms with Gasteiger partial charge in [-0.2, -0.15) is 0 Å². The standard InChI is InChI=1S/C15H17BrN2OS/c16-13-6-7-15(18-11-13)20-9-3-8-19-14-5-2-1-4-12(14)10-17/h1-2,4-7,11H,3,8-10,17H2. The topological polar surface area (TPSA) is 48.1 Å². The molecule has 0 saturated heterocycles. The van der Waals surface area contributed by atoms with Gasteiger partial charge in [0.1, 0.15) is 5.75 Å². The number of pyridine rings is 1. The highest BCUT2D eigenvalue weighted by Crippen LogP contribution is 2.20. The van der Waals surface area contributed by atoms with Crippen LogP contribution in [0.25, 0.3) is 0 Å². The molecule has 2 aromatic rings. The van der Waals surface area contributed by atoms with Gasteiger partial charge in [0.25, 0.3) is 0 Å². The van der Waals surface area contributed by atoms with E-state index in [4.69, 9.17) is 10.5 Å². The van der Waals surface area contributed by atoms with Gasteiger partial charge in [0.2, 0.25) is 0 Å². The molecule has 1 aromatic heterocycles. The molecule has 0 spiro atoms. The van der Waals surface area contributed by atoms with E-state index in [2.05, 4.69) is 20.9 Å². The predicted octanol–water partition coefficient (Wildman–Crippen LogP) is 3.86. The van der Waals surface area contributed by atoms with Crippen LogP contribution in [0.5, 0.6) is 5.75 Å². The zero-order valence-corrected chi connectivity index (χ0v) is 13.5. The molecule has 2 N–H and O–H groups in total. The maximum absolute atomic E-state index is 5.76. The van der Waals surface area contributed by atoms with E-state index in [1.54, 1.807) is 11.8 Å². The molecule has 1 aromatic carbocycles. The summed E-state index contributed by atoms with van der Waals surface area (Å²) in [7, 11) is 0. The van der Waals surface area contributed by atoms with Gasteiger partial charge >= 0.3 is 0 Å². The number of halogens is 1. The van der Waals surface area contributed by atoms with Crippen molar-refractivity contribution in [3.05, 3.63) is 52.6 Å². The monoisotopic (exact) mass is 352 g/mol. The molecule has 0 aliphatic heterocycles. The summed E-state index contributed by atoms with van der Waals surface area (Å²) < 4.78 is 6.77. The number of thioether (sulfide) groups is 1. The first kappa shape index (κ1) is 15.4. The summed E-state index contributed by atoms with van der Waals surface area (Å²) >= 11 is 5.11. The molecule has 0 unspecified atom stereocenters. The van der Waals surface area contributed by atoms with Crippen molar-refractivity contribution in [2.75, 3.05) is 12.4 Å². The summed E-state index contributed by atoms with van der Waals surface area (Å²) in [4.78, 5) is 4.32. The molecule has 0 atom stereocenters. The van der Waals surface area contributed by atoms with Gasteiger partial charge in [-0.05, 0) is 40.5 Å². The predicted molar refractivity (Wildman–Crippen MR) is 87.1 cm³/mol. The first-order valence-electron chi connectivity index (χ1n) is 6.44. The van der Waals surface area contributed by atoms with Crippen LogP contribution in [0.1, 0.15) is 12.0 Å². The van der Waals surface area contributed by atoms with Crippen LogP contribution < -0.4 is 10.5 Å². The normalized spacial score (nSPS) is 10.5. The minimum atomic E-state index is 0.508. The number of rotatable bonds is 7. The number of nitrogens with zero attached hydrogens (tertiary/aromatic N) is 1. The van der Waals surface area contributed by atoms with Gasteiger partial charge in [0.15, 0.2) is 0 Å². The Morgan fingerprint density at radius 1 is 1.20 bits per heavy atom. The van der Waals surface area contributed by atoms with Gasteiger partial charge in [-0.3, -0.25) is 0 Å². The summed E-state index contributed by atoms with van der Waals surface area (Å²) in [5.74, 6) is 1.88. The zero-order valence-electron chi connectivity index (χ0n) is 11.1. The van der Waals surface area contributed by atoms with Crippen molar-refractivity contribution in [2.45, 2.75) is 18.0 Å². The minimum absolute atomic E-state index is 0.508. The largest absolute Gasteiger partial charge is 0.493 e. The average Bonchev–Trinajstić information content (AvgIpc) is 2.49. The number of aromatic nitrogens is 1.